The summed E-state index contributed by atoms with van der Waals surface area (Å²) in [7, 11) is 0. The van der Waals surface area contributed by atoms with Crippen LogP contribution in [0.3, 0.4) is 0 Å². The monoisotopic (exact) mass is 236 g/mol. The molecule has 1 aromatic rings. The average molecular weight is 236 g/mol. The first-order chi connectivity index (χ1) is 6.97. The largest absolute Gasteiger partial charge is 0.503 e. The van der Waals surface area contributed by atoms with Crippen LogP contribution in [0, 0.1) is 11.6 Å². The lowest BCUT2D eigenvalue weighted by Gasteiger charge is -2.16. The second-order valence-electron chi connectivity index (χ2n) is 3.03. The molecule has 0 radical (unpaired) electrons. The summed E-state index contributed by atoms with van der Waals surface area (Å²) in [5, 5.41) is 27.4. The molecule has 0 aliphatic carbocycles. The molecule has 0 aliphatic rings. The van der Waals surface area contributed by atoms with Crippen molar-refractivity contribution in [2.45, 2.75) is 12.2 Å². The zero-order chi connectivity index (χ0) is 11.6. The smallest absolute Gasteiger partial charge is 0.187 e. The summed E-state index contributed by atoms with van der Waals surface area (Å²) < 4.78 is 25.7. The van der Waals surface area contributed by atoms with Crippen LogP contribution in [-0.2, 0) is 0 Å². The van der Waals surface area contributed by atoms with Gasteiger partial charge < -0.3 is 15.3 Å². The third-order valence-electron chi connectivity index (χ3n) is 1.93. The second-order valence-corrected chi connectivity index (χ2v) is 3.39. The van der Waals surface area contributed by atoms with Crippen molar-refractivity contribution in [1.29, 1.82) is 0 Å². The summed E-state index contributed by atoms with van der Waals surface area (Å²) in [6.07, 6.45) is -2.66. The Morgan fingerprint density at radius 2 is 1.67 bits per heavy atom. The van der Waals surface area contributed by atoms with Crippen LogP contribution in [0.2, 0.25) is 0 Å². The summed E-state index contributed by atoms with van der Waals surface area (Å²) in [5.74, 6) is -3.53. The Morgan fingerprint density at radius 3 is 2.07 bits per heavy atom. The molecule has 0 fully saturated rings. The number of halogens is 2. The van der Waals surface area contributed by atoms with E-state index in [1.54, 1.807) is 0 Å². The number of rotatable bonds is 3. The molecule has 2 atom stereocenters. The fourth-order valence-electron chi connectivity index (χ4n) is 1.08. The summed E-state index contributed by atoms with van der Waals surface area (Å²) in [5.41, 5.74) is -0.149. The topological polar surface area (TPSA) is 60.7 Å². The first kappa shape index (κ1) is 12.2. The molecule has 0 bridgehead atoms. The van der Waals surface area contributed by atoms with Crippen molar-refractivity contribution < 1.29 is 24.1 Å². The van der Waals surface area contributed by atoms with E-state index in [-0.39, 0.29) is 11.3 Å². The van der Waals surface area contributed by atoms with Gasteiger partial charge in [0.1, 0.15) is 6.10 Å². The van der Waals surface area contributed by atoms with E-state index in [9.17, 15) is 19.0 Å². The number of thiol groups is 1. The highest BCUT2D eigenvalue weighted by Crippen LogP contribution is 2.26. The number of phenolic OH excluding ortho intramolecular Hbond substituents is 1. The predicted molar refractivity (Wildman–Crippen MR) is 52.8 cm³/mol. The van der Waals surface area contributed by atoms with Gasteiger partial charge in [-0.15, -0.1) is 0 Å². The zero-order valence-electron chi connectivity index (χ0n) is 7.56. The van der Waals surface area contributed by atoms with Crippen molar-refractivity contribution in [3.05, 3.63) is 29.3 Å². The molecule has 0 aromatic heterocycles. The number of aliphatic hydroxyl groups is 2. The van der Waals surface area contributed by atoms with Crippen LogP contribution in [-0.4, -0.2) is 27.2 Å². The normalized spacial score (nSPS) is 15.0. The van der Waals surface area contributed by atoms with Crippen molar-refractivity contribution in [1.82, 2.24) is 0 Å². The van der Waals surface area contributed by atoms with Crippen LogP contribution in [0.15, 0.2) is 12.1 Å². The number of phenols is 1. The molecule has 0 aliphatic heterocycles. The molecule has 3 nitrogen and oxygen atoms in total. The number of hydrogen-bond acceptors (Lipinski definition) is 4. The number of benzene rings is 1. The molecule has 2 unspecified atom stereocenters. The number of aliphatic hydroxyl groups excluding tert-OH is 2. The molecule has 1 rings (SSSR count). The third kappa shape index (κ3) is 2.58. The molecule has 3 N–H and O–H groups in total. The van der Waals surface area contributed by atoms with E-state index in [0.717, 1.165) is 12.1 Å². The van der Waals surface area contributed by atoms with Gasteiger partial charge in [-0.3, -0.25) is 0 Å². The molecule has 15 heavy (non-hydrogen) atoms. The van der Waals surface area contributed by atoms with Crippen molar-refractivity contribution in [2.24, 2.45) is 0 Å². The van der Waals surface area contributed by atoms with Gasteiger partial charge in [-0.05, 0) is 17.7 Å². The summed E-state index contributed by atoms with van der Waals surface area (Å²) in [6, 6.07) is 1.52. The quantitative estimate of drug-likeness (QED) is 0.592. The van der Waals surface area contributed by atoms with E-state index in [2.05, 4.69) is 12.6 Å². The minimum Gasteiger partial charge on any atom is -0.503 e. The first-order valence-electron chi connectivity index (χ1n) is 4.12. The van der Waals surface area contributed by atoms with E-state index < -0.39 is 29.6 Å². The molecule has 6 heteroatoms. The maximum Gasteiger partial charge on any atom is 0.187 e. The molecular weight excluding hydrogens is 226 g/mol. The minimum atomic E-state index is -1.44. The van der Waals surface area contributed by atoms with Crippen molar-refractivity contribution >= 4 is 12.6 Å². The minimum absolute atomic E-state index is 0.0503. The van der Waals surface area contributed by atoms with E-state index in [0.29, 0.717) is 0 Å². The van der Waals surface area contributed by atoms with Crippen LogP contribution in [0.1, 0.15) is 11.7 Å². The van der Waals surface area contributed by atoms with Gasteiger partial charge in [-0.1, -0.05) is 0 Å². The van der Waals surface area contributed by atoms with E-state index in [4.69, 9.17) is 5.11 Å². The lowest BCUT2D eigenvalue weighted by atomic mass is 10.0. The summed E-state index contributed by atoms with van der Waals surface area (Å²) in [6.45, 7) is 0. The molecule has 0 amide bonds. The summed E-state index contributed by atoms with van der Waals surface area (Å²) in [4.78, 5) is 0. The molecule has 84 valence electrons. The Kier molecular flexibility index (Phi) is 3.90. The van der Waals surface area contributed by atoms with Gasteiger partial charge in [-0.2, -0.15) is 12.6 Å². The molecular formula is C9H10F2O3S. The lowest BCUT2D eigenvalue weighted by molar-refractivity contribution is 0.0333. The van der Waals surface area contributed by atoms with Gasteiger partial charge >= 0.3 is 0 Å². The van der Waals surface area contributed by atoms with Gasteiger partial charge in [0.15, 0.2) is 17.4 Å². The van der Waals surface area contributed by atoms with E-state index in [1.807, 2.05) is 0 Å². The summed E-state index contributed by atoms with van der Waals surface area (Å²) >= 11 is 3.73. The van der Waals surface area contributed by atoms with Crippen LogP contribution in [0.5, 0.6) is 5.75 Å². The SMILES string of the molecule is Oc1c(F)cc(C(O)C(O)CS)cc1F. The van der Waals surface area contributed by atoms with Crippen molar-refractivity contribution in [2.75, 3.05) is 5.75 Å². The van der Waals surface area contributed by atoms with Gasteiger partial charge in [0.05, 0.1) is 6.10 Å². The Labute approximate surface area is 90.4 Å². The van der Waals surface area contributed by atoms with Crippen LogP contribution < -0.4 is 0 Å². The highest BCUT2D eigenvalue weighted by molar-refractivity contribution is 7.80. The zero-order valence-corrected chi connectivity index (χ0v) is 8.46. The van der Waals surface area contributed by atoms with Crippen molar-refractivity contribution in [3.8, 4) is 5.75 Å². The van der Waals surface area contributed by atoms with Gasteiger partial charge in [0.2, 0.25) is 0 Å². The average Bonchev–Trinajstić information content (AvgIpc) is 2.23. The van der Waals surface area contributed by atoms with Gasteiger partial charge in [0.25, 0.3) is 0 Å². The molecule has 0 spiro atoms. The second kappa shape index (κ2) is 4.78. The number of hydrogen-bond donors (Lipinski definition) is 4. The first-order valence-corrected chi connectivity index (χ1v) is 4.75. The van der Waals surface area contributed by atoms with Gasteiger partial charge in [-0.25, -0.2) is 8.78 Å². The standard InChI is InChI=1S/C9H10F2O3S/c10-5-1-4(2-6(11)9(5)14)8(13)7(12)3-15/h1-2,7-8,12-15H,3H2. The van der Waals surface area contributed by atoms with Crippen LogP contribution in [0.25, 0.3) is 0 Å². The highest BCUT2D eigenvalue weighted by Gasteiger charge is 2.20. The third-order valence-corrected chi connectivity index (χ3v) is 2.31. The fraction of sp³-hybridized carbons (Fsp3) is 0.333. The van der Waals surface area contributed by atoms with E-state index >= 15 is 0 Å². The lowest BCUT2D eigenvalue weighted by Crippen LogP contribution is -2.20. The predicted octanol–water partition coefficient (Wildman–Crippen LogP) is 0.994. The van der Waals surface area contributed by atoms with Crippen molar-refractivity contribution in [3.63, 3.8) is 0 Å². The van der Waals surface area contributed by atoms with E-state index in [1.165, 1.54) is 0 Å². The maximum atomic E-state index is 12.9. The Bertz CT molecular complexity index is 336. The molecule has 1 aromatic carbocycles. The maximum absolute atomic E-state index is 12.9. The Morgan fingerprint density at radius 1 is 1.20 bits per heavy atom. The van der Waals surface area contributed by atoms with Crippen LogP contribution in [0.4, 0.5) is 8.78 Å². The fourth-order valence-corrected chi connectivity index (χ4v) is 1.28. The van der Waals surface area contributed by atoms with Gasteiger partial charge in [0, 0.05) is 5.75 Å². The molecule has 0 heterocycles. The number of aromatic hydroxyl groups is 1. The highest BCUT2D eigenvalue weighted by atomic mass is 32.1. The Hall–Kier alpha value is -0.850. The Balaban J connectivity index is 3.06. The molecule has 0 saturated heterocycles. The van der Waals surface area contributed by atoms with Crippen LogP contribution >= 0.6 is 12.6 Å². The molecule has 0 saturated carbocycles.